The Morgan fingerprint density at radius 1 is 1.11 bits per heavy atom. The first-order chi connectivity index (χ1) is 22.1. The van der Waals surface area contributed by atoms with Gasteiger partial charge in [0.2, 0.25) is 5.91 Å². The molecule has 0 bridgehead atoms. The number of thiazole rings is 1. The number of amides is 2. The van der Waals surface area contributed by atoms with E-state index in [0.717, 1.165) is 90.5 Å². The molecule has 1 aromatic carbocycles. The highest BCUT2D eigenvalue weighted by atomic mass is 32.1. The van der Waals surface area contributed by atoms with E-state index in [1.807, 2.05) is 19.1 Å². The number of fused-ring (bicyclic) bond motifs is 2. The molecule has 1 aromatic heterocycles. The Balaban J connectivity index is 1.06. The van der Waals surface area contributed by atoms with E-state index >= 15 is 0 Å². The van der Waals surface area contributed by atoms with Crippen molar-refractivity contribution in [2.45, 2.75) is 58.6 Å². The van der Waals surface area contributed by atoms with E-state index in [2.05, 4.69) is 58.4 Å². The standard InChI is InChI=1S/C35H52N6O4S/c1-23(32(43)36-11-12-40-17-19-45-20-18-40)27-9-10-35(3)21-28-30(24(2)29(35)31(27)42)37-34(46-28)38-33(44)26-7-5-25(6-8-26)22-41-15-13-39(4)14-16-41/h5-8,23-24,27,29,31,42H,9-22H2,1-4H3,(H,36,43)(H,37,38,44)/t23-,24-,27-,29+,31-,35+/m0/s1. The number of piperazine rings is 1. The Morgan fingerprint density at radius 2 is 1.83 bits per heavy atom. The summed E-state index contributed by atoms with van der Waals surface area (Å²) in [5, 5.41) is 18.6. The second-order valence-electron chi connectivity index (χ2n) is 14.4. The van der Waals surface area contributed by atoms with Crippen molar-refractivity contribution >= 4 is 28.3 Å². The Morgan fingerprint density at radius 3 is 2.54 bits per heavy atom. The van der Waals surface area contributed by atoms with Gasteiger partial charge in [0.15, 0.2) is 5.13 Å². The van der Waals surface area contributed by atoms with Gasteiger partial charge in [-0.25, -0.2) is 4.98 Å². The van der Waals surface area contributed by atoms with Crippen LogP contribution in [0.4, 0.5) is 5.13 Å². The third-order valence-corrected chi connectivity index (χ3v) is 12.2. The number of hydrogen-bond donors (Lipinski definition) is 3. The third kappa shape index (κ3) is 7.34. The van der Waals surface area contributed by atoms with Gasteiger partial charge < -0.3 is 20.1 Å². The summed E-state index contributed by atoms with van der Waals surface area (Å²) in [6, 6.07) is 7.92. The number of anilines is 1. The highest BCUT2D eigenvalue weighted by Crippen LogP contribution is 2.57. The summed E-state index contributed by atoms with van der Waals surface area (Å²) in [5.41, 5.74) is 2.74. The molecule has 6 rings (SSSR count). The van der Waals surface area contributed by atoms with Crippen molar-refractivity contribution in [2.24, 2.45) is 23.2 Å². The summed E-state index contributed by atoms with van der Waals surface area (Å²) in [4.78, 5) is 39.6. The van der Waals surface area contributed by atoms with Crippen LogP contribution >= 0.6 is 11.3 Å². The Kier molecular flexibility index (Phi) is 10.5. The molecule has 2 amide bonds. The van der Waals surface area contributed by atoms with E-state index < -0.39 is 6.10 Å². The molecule has 252 valence electrons. The molecule has 4 aliphatic rings. The van der Waals surface area contributed by atoms with Crippen LogP contribution in [-0.4, -0.2) is 115 Å². The Labute approximate surface area is 277 Å². The molecule has 1 saturated carbocycles. The van der Waals surface area contributed by atoms with Gasteiger partial charge >= 0.3 is 0 Å². The normalized spacial score (nSPS) is 29.8. The van der Waals surface area contributed by atoms with Crippen molar-refractivity contribution < 1.29 is 19.4 Å². The van der Waals surface area contributed by atoms with Crippen molar-refractivity contribution in [2.75, 3.05) is 77.9 Å². The number of ether oxygens (including phenoxy) is 1. The SMILES string of the molecule is C[C@H](C(=O)NCCN1CCOCC1)[C@@H]1CC[C@]2(C)Cc3sc(NC(=O)c4ccc(CN5CCN(C)CC5)cc4)nc3[C@@H](C)[C@@H]2[C@H]1O. The number of morpholine rings is 1. The Bertz CT molecular complexity index is 1360. The van der Waals surface area contributed by atoms with Gasteiger partial charge in [0, 0.05) is 81.2 Å². The monoisotopic (exact) mass is 652 g/mol. The van der Waals surface area contributed by atoms with E-state index in [0.29, 0.717) is 17.2 Å². The minimum atomic E-state index is -0.592. The first-order valence-corrected chi connectivity index (χ1v) is 18.0. The smallest absolute Gasteiger partial charge is 0.257 e. The lowest BCUT2D eigenvalue weighted by Crippen LogP contribution is -2.53. The zero-order chi connectivity index (χ0) is 32.4. The average molecular weight is 653 g/mol. The number of aliphatic hydroxyl groups is 1. The molecule has 3 fully saturated rings. The van der Waals surface area contributed by atoms with Crippen molar-refractivity contribution in [3.63, 3.8) is 0 Å². The zero-order valence-corrected chi connectivity index (χ0v) is 28.8. The molecule has 0 spiro atoms. The maximum Gasteiger partial charge on any atom is 0.257 e. The number of aromatic nitrogens is 1. The fraction of sp³-hybridized carbons (Fsp3) is 0.686. The summed E-state index contributed by atoms with van der Waals surface area (Å²) in [6.45, 7) is 16.3. The number of carbonyl (C=O) groups is 2. The molecule has 2 aliphatic carbocycles. The van der Waals surface area contributed by atoms with Crippen LogP contribution in [0, 0.1) is 23.2 Å². The van der Waals surface area contributed by atoms with Crippen molar-refractivity contribution in [3.8, 4) is 0 Å². The van der Waals surface area contributed by atoms with Gasteiger partial charge in [-0.05, 0) is 61.3 Å². The van der Waals surface area contributed by atoms with E-state index in [1.54, 1.807) is 11.3 Å². The molecule has 3 heterocycles. The van der Waals surface area contributed by atoms with Gasteiger partial charge in [0.1, 0.15) is 0 Å². The van der Waals surface area contributed by atoms with Gasteiger partial charge in [-0.3, -0.25) is 24.7 Å². The topological polar surface area (TPSA) is 110 Å². The third-order valence-electron chi connectivity index (χ3n) is 11.2. The highest BCUT2D eigenvalue weighted by molar-refractivity contribution is 7.15. The summed E-state index contributed by atoms with van der Waals surface area (Å²) in [5.74, 6) is -0.462. The first-order valence-electron chi connectivity index (χ1n) is 17.2. The van der Waals surface area contributed by atoms with Crippen LogP contribution in [0.3, 0.4) is 0 Å². The van der Waals surface area contributed by atoms with Crippen LogP contribution in [-0.2, 0) is 22.5 Å². The number of rotatable bonds is 9. The molecule has 2 saturated heterocycles. The molecule has 0 unspecified atom stereocenters. The molecule has 11 heteroatoms. The summed E-state index contributed by atoms with van der Waals surface area (Å²) >= 11 is 1.57. The van der Waals surface area contributed by atoms with Gasteiger partial charge in [0.05, 0.1) is 25.0 Å². The van der Waals surface area contributed by atoms with Crippen LogP contribution in [0.15, 0.2) is 24.3 Å². The minimum Gasteiger partial charge on any atom is -0.392 e. The van der Waals surface area contributed by atoms with Gasteiger partial charge in [-0.15, -0.1) is 11.3 Å². The van der Waals surface area contributed by atoms with Crippen molar-refractivity contribution in [3.05, 3.63) is 46.0 Å². The van der Waals surface area contributed by atoms with E-state index in [9.17, 15) is 14.7 Å². The molecule has 3 N–H and O–H groups in total. The van der Waals surface area contributed by atoms with Gasteiger partial charge in [0.25, 0.3) is 5.91 Å². The van der Waals surface area contributed by atoms with Crippen LogP contribution in [0.5, 0.6) is 0 Å². The molecular formula is C35H52N6O4S. The largest absolute Gasteiger partial charge is 0.392 e. The maximum absolute atomic E-state index is 13.2. The Hall–Kier alpha value is -2.41. The average Bonchev–Trinajstić information content (AvgIpc) is 3.44. The van der Waals surface area contributed by atoms with Crippen molar-refractivity contribution in [1.29, 1.82) is 0 Å². The van der Waals surface area contributed by atoms with Crippen LogP contribution in [0.2, 0.25) is 0 Å². The molecular weight excluding hydrogens is 600 g/mol. The summed E-state index contributed by atoms with van der Waals surface area (Å²) in [7, 11) is 2.16. The first kappa shape index (κ1) is 33.5. The number of aliphatic hydroxyl groups excluding tert-OH is 1. The fourth-order valence-corrected chi connectivity index (χ4v) is 9.57. The predicted octanol–water partition coefficient (Wildman–Crippen LogP) is 3.28. The number of benzene rings is 1. The minimum absolute atomic E-state index is 0.000786. The number of carbonyl (C=O) groups excluding carboxylic acids is 2. The molecule has 2 aromatic rings. The zero-order valence-electron chi connectivity index (χ0n) is 28.0. The quantitative estimate of drug-likeness (QED) is 0.379. The summed E-state index contributed by atoms with van der Waals surface area (Å²) in [6.07, 6.45) is 2.01. The lowest BCUT2D eigenvalue weighted by Gasteiger charge is -2.53. The van der Waals surface area contributed by atoms with Gasteiger partial charge in [-0.1, -0.05) is 32.9 Å². The van der Waals surface area contributed by atoms with E-state index in [-0.39, 0.29) is 40.9 Å². The van der Waals surface area contributed by atoms with Crippen LogP contribution in [0.25, 0.3) is 0 Å². The fourth-order valence-electron chi connectivity index (χ4n) is 8.31. The molecule has 46 heavy (non-hydrogen) atoms. The number of nitrogens with zero attached hydrogens (tertiary/aromatic N) is 4. The molecule has 10 nitrogen and oxygen atoms in total. The second-order valence-corrected chi connectivity index (χ2v) is 15.5. The lowest BCUT2D eigenvalue weighted by molar-refractivity contribution is -0.134. The lowest BCUT2D eigenvalue weighted by atomic mass is 9.53. The second kappa shape index (κ2) is 14.4. The maximum atomic E-state index is 13.2. The van der Waals surface area contributed by atoms with Crippen molar-refractivity contribution in [1.82, 2.24) is 25.0 Å². The molecule has 0 radical (unpaired) electrons. The number of hydrogen-bond acceptors (Lipinski definition) is 9. The van der Waals surface area contributed by atoms with Crippen LogP contribution < -0.4 is 10.6 Å². The molecule has 6 atom stereocenters. The van der Waals surface area contributed by atoms with Crippen LogP contribution in [0.1, 0.15) is 66.0 Å². The number of nitrogens with one attached hydrogen (secondary N) is 2. The van der Waals surface area contributed by atoms with E-state index in [1.165, 1.54) is 10.4 Å². The number of likely N-dealkylation sites (N-methyl/N-ethyl adjacent to an activating group) is 1. The highest BCUT2D eigenvalue weighted by Gasteiger charge is 2.54. The van der Waals surface area contributed by atoms with Gasteiger partial charge in [-0.2, -0.15) is 0 Å². The molecule has 2 aliphatic heterocycles. The van der Waals surface area contributed by atoms with E-state index in [4.69, 9.17) is 9.72 Å². The predicted molar refractivity (Wildman–Crippen MR) is 181 cm³/mol. The summed E-state index contributed by atoms with van der Waals surface area (Å²) < 4.78 is 5.42.